The average Bonchev–Trinajstić information content (AvgIpc) is 3.55. The zero-order valence-electron chi connectivity index (χ0n) is 14.3. The van der Waals surface area contributed by atoms with Crippen LogP contribution in [0, 0.1) is 5.92 Å². The Balaban J connectivity index is 1.54. The van der Waals surface area contributed by atoms with E-state index in [2.05, 4.69) is 30.6 Å². The molecule has 0 unspecified atom stereocenters. The monoisotopic (exact) mass is 360 g/mol. The molecule has 0 bridgehead atoms. The van der Waals surface area contributed by atoms with Gasteiger partial charge < -0.3 is 10.6 Å². The largest absolute Gasteiger partial charge is 0.320 e. The zero-order chi connectivity index (χ0) is 18.6. The molecule has 0 aromatic carbocycles. The van der Waals surface area contributed by atoms with Crippen molar-refractivity contribution in [2.45, 2.75) is 12.8 Å². The number of anilines is 2. The number of rotatable bonds is 5. The fourth-order valence-corrected chi connectivity index (χ4v) is 2.59. The summed E-state index contributed by atoms with van der Waals surface area (Å²) in [7, 11) is 0. The van der Waals surface area contributed by atoms with Gasteiger partial charge in [0.1, 0.15) is 12.1 Å². The molecule has 2 amide bonds. The summed E-state index contributed by atoms with van der Waals surface area (Å²) in [5.41, 5.74) is 2.45. The van der Waals surface area contributed by atoms with Gasteiger partial charge in [-0.3, -0.25) is 14.6 Å². The number of carbonyl (C=O) groups is 2. The first-order valence-electron chi connectivity index (χ1n) is 8.48. The second-order valence-electron chi connectivity index (χ2n) is 6.20. The predicted octanol–water partition coefficient (Wildman–Crippen LogP) is 2.53. The molecular formula is C19H16N6O2. The molecular weight excluding hydrogens is 344 g/mol. The van der Waals surface area contributed by atoms with E-state index in [0.717, 1.165) is 24.0 Å². The van der Waals surface area contributed by atoms with E-state index in [4.69, 9.17) is 0 Å². The van der Waals surface area contributed by atoms with Crippen molar-refractivity contribution < 1.29 is 9.59 Å². The Morgan fingerprint density at radius 3 is 2.56 bits per heavy atom. The molecule has 134 valence electrons. The van der Waals surface area contributed by atoms with E-state index in [1.807, 2.05) is 0 Å². The van der Waals surface area contributed by atoms with Crippen LogP contribution in [0.1, 0.15) is 23.2 Å². The van der Waals surface area contributed by atoms with Gasteiger partial charge in [0.2, 0.25) is 5.91 Å². The smallest absolute Gasteiger partial charge is 0.255 e. The Bertz CT molecular complexity index is 988. The van der Waals surface area contributed by atoms with E-state index >= 15 is 0 Å². The summed E-state index contributed by atoms with van der Waals surface area (Å²) in [5.74, 6) is 0.0434. The van der Waals surface area contributed by atoms with Crippen molar-refractivity contribution in [1.82, 2.24) is 19.9 Å². The first kappa shape index (κ1) is 16.8. The van der Waals surface area contributed by atoms with Gasteiger partial charge in [0.25, 0.3) is 5.91 Å². The molecule has 0 radical (unpaired) electrons. The van der Waals surface area contributed by atoms with E-state index in [9.17, 15) is 9.59 Å². The summed E-state index contributed by atoms with van der Waals surface area (Å²) in [6, 6.07) is 4.92. The van der Waals surface area contributed by atoms with Crippen LogP contribution in [0.5, 0.6) is 0 Å². The van der Waals surface area contributed by atoms with Crippen LogP contribution in [0.25, 0.3) is 11.1 Å². The minimum absolute atomic E-state index is 0.0568. The second kappa shape index (κ2) is 7.28. The third kappa shape index (κ3) is 3.95. The van der Waals surface area contributed by atoms with E-state index in [1.54, 1.807) is 43.0 Å². The number of hydrogen-bond acceptors (Lipinski definition) is 6. The summed E-state index contributed by atoms with van der Waals surface area (Å²) < 4.78 is 0. The number of nitrogens with one attached hydrogen (secondary N) is 2. The first-order valence-corrected chi connectivity index (χ1v) is 8.48. The van der Waals surface area contributed by atoms with Gasteiger partial charge in [0.15, 0.2) is 0 Å². The Morgan fingerprint density at radius 1 is 0.963 bits per heavy atom. The summed E-state index contributed by atoms with van der Waals surface area (Å²) in [6.07, 6.45) is 11.3. The zero-order valence-corrected chi connectivity index (χ0v) is 14.3. The molecule has 0 atom stereocenters. The Hall–Kier alpha value is -3.68. The Kier molecular flexibility index (Phi) is 4.52. The van der Waals surface area contributed by atoms with E-state index in [-0.39, 0.29) is 17.7 Å². The maximum atomic E-state index is 12.7. The SMILES string of the molecule is O=C(Nc1cnccc1-c1cncnc1)c1ccnc(NC(=O)C2CC2)c1. The lowest BCUT2D eigenvalue weighted by atomic mass is 10.1. The maximum absolute atomic E-state index is 12.7. The number of aromatic nitrogens is 4. The highest BCUT2D eigenvalue weighted by molar-refractivity contribution is 6.06. The van der Waals surface area contributed by atoms with Crippen LogP contribution in [-0.2, 0) is 4.79 Å². The molecule has 2 N–H and O–H groups in total. The van der Waals surface area contributed by atoms with Gasteiger partial charge in [-0.1, -0.05) is 0 Å². The fourth-order valence-electron chi connectivity index (χ4n) is 2.59. The topological polar surface area (TPSA) is 110 Å². The molecule has 0 saturated heterocycles. The van der Waals surface area contributed by atoms with Gasteiger partial charge in [-0.15, -0.1) is 0 Å². The fraction of sp³-hybridized carbons (Fsp3) is 0.158. The lowest BCUT2D eigenvalue weighted by Crippen LogP contribution is -2.16. The van der Waals surface area contributed by atoms with Gasteiger partial charge >= 0.3 is 0 Å². The highest BCUT2D eigenvalue weighted by Crippen LogP contribution is 2.30. The maximum Gasteiger partial charge on any atom is 0.255 e. The standard InChI is InChI=1S/C19H16N6O2/c26-18(12-1-2-12)25-17-7-13(3-6-23-17)19(27)24-16-10-20-5-4-15(16)14-8-21-11-22-9-14/h3-12H,1-2H2,(H,24,27)(H,23,25,26). The Morgan fingerprint density at radius 2 is 1.78 bits per heavy atom. The molecule has 3 heterocycles. The van der Waals surface area contributed by atoms with Crippen LogP contribution >= 0.6 is 0 Å². The van der Waals surface area contributed by atoms with E-state index in [0.29, 0.717) is 17.1 Å². The molecule has 1 fully saturated rings. The van der Waals surface area contributed by atoms with Crippen molar-refractivity contribution in [2.24, 2.45) is 5.92 Å². The summed E-state index contributed by atoms with van der Waals surface area (Å²) in [5, 5.41) is 5.58. The van der Waals surface area contributed by atoms with Gasteiger partial charge in [0.05, 0.1) is 11.9 Å². The molecule has 0 aliphatic heterocycles. The molecule has 27 heavy (non-hydrogen) atoms. The summed E-state index contributed by atoms with van der Waals surface area (Å²) in [4.78, 5) is 40.7. The molecule has 1 aliphatic carbocycles. The third-order valence-corrected chi connectivity index (χ3v) is 4.16. The predicted molar refractivity (Wildman–Crippen MR) is 98.8 cm³/mol. The number of amides is 2. The van der Waals surface area contributed by atoms with Crippen LogP contribution in [0.2, 0.25) is 0 Å². The van der Waals surface area contributed by atoms with Crippen LogP contribution in [0.15, 0.2) is 55.5 Å². The highest BCUT2D eigenvalue weighted by Gasteiger charge is 2.29. The third-order valence-electron chi connectivity index (χ3n) is 4.16. The van der Waals surface area contributed by atoms with Crippen LogP contribution in [-0.4, -0.2) is 31.8 Å². The van der Waals surface area contributed by atoms with Gasteiger partial charge in [-0.2, -0.15) is 0 Å². The molecule has 1 saturated carbocycles. The lowest BCUT2D eigenvalue weighted by molar-refractivity contribution is -0.117. The van der Waals surface area contributed by atoms with Crippen LogP contribution < -0.4 is 10.6 Å². The van der Waals surface area contributed by atoms with Crippen LogP contribution in [0.4, 0.5) is 11.5 Å². The lowest BCUT2D eigenvalue weighted by Gasteiger charge is -2.11. The van der Waals surface area contributed by atoms with Crippen molar-refractivity contribution in [2.75, 3.05) is 10.6 Å². The number of nitrogens with zero attached hydrogens (tertiary/aromatic N) is 4. The van der Waals surface area contributed by atoms with Crippen molar-refractivity contribution >= 4 is 23.3 Å². The minimum Gasteiger partial charge on any atom is -0.320 e. The molecule has 8 nitrogen and oxygen atoms in total. The molecule has 4 rings (SSSR count). The highest BCUT2D eigenvalue weighted by atomic mass is 16.2. The average molecular weight is 360 g/mol. The first-order chi connectivity index (χ1) is 13.2. The van der Waals surface area contributed by atoms with Gasteiger partial charge in [-0.25, -0.2) is 15.0 Å². The molecule has 0 spiro atoms. The van der Waals surface area contributed by atoms with Crippen molar-refractivity contribution in [3.63, 3.8) is 0 Å². The number of pyridine rings is 2. The quantitative estimate of drug-likeness (QED) is 0.723. The summed E-state index contributed by atoms with van der Waals surface area (Å²) >= 11 is 0. The van der Waals surface area contributed by atoms with Crippen molar-refractivity contribution in [3.8, 4) is 11.1 Å². The minimum atomic E-state index is -0.328. The molecule has 1 aliphatic rings. The van der Waals surface area contributed by atoms with Crippen molar-refractivity contribution in [1.29, 1.82) is 0 Å². The number of hydrogen-bond donors (Lipinski definition) is 2. The normalized spacial score (nSPS) is 13.0. The van der Waals surface area contributed by atoms with Gasteiger partial charge in [-0.05, 0) is 31.0 Å². The van der Waals surface area contributed by atoms with Crippen LogP contribution in [0.3, 0.4) is 0 Å². The molecule has 8 heteroatoms. The molecule has 3 aromatic rings. The van der Waals surface area contributed by atoms with Gasteiger partial charge in [0, 0.05) is 47.4 Å². The summed E-state index contributed by atoms with van der Waals surface area (Å²) in [6.45, 7) is 0. The van der Waals surface area contributed by atoms with Crippen molar-refractivity contribution in [3.05, 3.63) is 61.1 Å². The van der Waals surface area contributed by atoms with E-state index < -0.39 is 0 Å². The second-order valence-corrected chi connectivity index (χ2v) is 6.20. The number of carbonyl (C=O) groups excluding carboxylic acids is 2. The Labute approximate surface area is 155 Å². The molecule has 3 aromatic heterocycles. The van der Waals surface area contributed by atoms with E-state index in [1.165, 1.54) is 12.5 Å².